The Labute approximate surface area is 153 Å². The number of morpholine rings is 1. The highest BCUT2D eigenvalue weighted by atomic mass is 16.5. The van der Waals surface area contributed by atoms with Crippen LogP contribution in [0.2, 0.25) is 0 Å². The van der Waals surface area contributed by atoms with Gasteiger partial charge in [0.05, 0.1) is 31.9 Å². The number of amides is 1. The molecule has 1 aliphatic rings. The van der Waals surface area contributed by atoms with Gasteiger partial charge in [-0.05, 0) is 31.2 Å². The van der Waals surface area contributed by atoms with E-state index in [-0.39, 0.29) is 12.0 Å². The molecule has 0 saturated carbocycles. The van der Waals surface area contributed by atoms with E-state index in [1.165, 1.54) is 0 Å². The molecule has 0 radical (unpaired) electrons. The third-order valence-corrected chi connectivity index (χ3v) is 4.18. The van der Waals surface area contributed by atoms with E-state index in [9.17, 15) is 4.79 Å². The predicted octanol–water partition coefficient (Wildman–Crippen LogP) is 2.47. The van der Waals surface area contributed by atoms with Crippen LogP contribution in [-0.2, 0) is 14.3 Å². The highest BCUT2D eigenvalue weighted by Gasteiger charge is 2.26. The van der Waals surface area contributed by atoms with Crippen molar-refractivity contribution in [3.63, 3.8) is 0 Å². The van der Waals surface area contributed by atoms with Gasteiger partial charge in [0.25, 0.3) is 0 Å². The van der Waals surface area contributed by atoms with Crippen LogP contribution >= 0.6 is 0 Å². The molecule has 1 aliphatic heterocycles. The molecule has 7 nitrogen and oxygen atoms in total. The summed E-state index contributed by atoms with van der Waals surface area (Å²) in [5.74, 6) is 1.53. The largest absolute Gasteiger partial charge is 0.384 e. The lowest BCUT2D eigenvalue weighted by Crippen LogP contribution is -2.42. The van der Waals surface area contributed by atoms with E-state index in [1.807, 2.05) is 48.2 Å². The molecule has 3 heterocycles. The van der Waals surface area contributed by atoms with Gasteiger partial charge in [-0.3, -0.25) is 4.79 Å². The predicted molar refractivity (Wildman–Crippen MR) is 98.3 cm³/mol. The van der Waals surface area contributed by atoms with E-state index in [0.29, 0.717) is 38.5 Å². The summed E-state index contributed by atoms with van der Waals surface area (Å²) in [5, 5.41) is 3.21. The van der Waals surface area contributed by atoms with Gasteiger partial charge in [0.15, 0.2) is 0 Å². The molecule has 3 rings (SSSR count). The molecule has 0 aliphatic carbocycles. The normalized spacial score (nSPS) is 17.2. The van der Waals surface area contributed by atoms with Crippen molar-refractivity contribution in [1.29, 1.82) is 0 Å². The Balaban J connectivity index is 1.68. The van der Waals surface area contributed by atoms with Gasteiger partial charge in [-0.15, -0.1) is 0 Å². The fourth-order valence-corrected chi connectivity index (χ4v) is 2.85. The van der Waals surface area contributed by atoms with Crippen LogP contribution in [0.15, 0.2) is 36.4 Å². The molecule has 1 saturated heterocycles. The maximum atomic E-state index is 12.2. The monoisotopic (exact) mass is 356 g/mol. The van der Waals surface area contributed by atoms with Crippen LogP contribution in [0.4, 0.5) is 11.6 Å². The smallest absolute Gasteiger partial charge is 0.225 e. The number of ether oxygens (including phenoxy) is 2. The molecule has 7 heteroatoms. The molecule has 0 spiro atoms. The molecule has 1 unspecified atom stereocenters. The maximum Gasteiger partial charge on any atom is 0.225 e. The van der Waals surface area contributed by atoms with Crippen molar-refractivity contribution in [2.75, 3.05) is 38.7 Å². The Morgan fingerprint density at radius 1 is 1.27 bits per heavy atom. The van der Waals surface area contributed by atoms with E-state index < -0.39 is 0 Å². The first kappa shape index (κ1) is 18.3. The zero-order valence-electron chi connectivity index (χ0n) is 15.1. The van der Waals surface area contributed by atoms with Gasteiger partial charge in [0.1, 0.15) is 17.7 Å². The second-order valence-corrected chi connectivity index (χ2v) is 6.18. The third kappa shape index (κ3) is 4.77. The van der Waals surface area contributed by atoms with Crippen LogP contribution in [0.5, 0.6) is 0 Å². The van der Waals surface area contributed by atoms with Crippen LogP contribution in [-0.4, -0.2) is 54.2 Å². The summed E-state index contributed by atoms with van der Waals surface area (Å²) in [6, 6.07) is 11.5. The number of aromatic nitrogens is 2. The highest BCUT2D eigenvalue weighted by molar-refractivity contribution is 5.76. The molecule has 1 fully saturated rings. The lowest BCUT2D eigenvalue weighted by Gasteiger charge is -2.32. The number of hydrogen-bond acceptors (Lipinski definition) is 6. The fraction of sp³-hybridized carbons (Fsp3) is 0.421. The van der Waals surface area contributed by atoms with Crippen molar-refractivity contribution in [2.45, 2.75) is 19.4 Å². The number of anilines is 2. The van der Waals surface area contributed by atoms with Gasteiger partial charge in [-0.2, -0.15) is 0 Å². The zero-order valence-corrected chi connectivity index (χ0v) is 15.1. The summed E-state index contributed by atoms with van der Waals surface area (Å²) < 4.78 is 10.8. The average Bonchev–Trinajstić information content (AvgIpc) is 2.66. The number of rotatable bonds is 6. The summed E-state index contributed by atoms with van der Waals surface area (Å²) >= 11 is 0. The van der Waals surface area contributed by atoms with E-state index in [4.69, 9.17) is 9.47 Å². The summed E-state index contributed by atoms with van der Waals surface area (Å²) in [7, 11) is 1.60. The molecule has 1 amide bonds. The molecule has 0 bridgehead atoms. The molecular weight excluding hydrogens is 332 g/mol. The first-order chi connectivity index (χ1) is 12.7. The first-order valence-electron chi connectivity index (χ1n) is 8.71. The molecule has 1 atom stereocenters. The summed E-state index contributed by atoms with van der Waals surface area (Å²) in [5.41, 5.74) is 1.74. The van der Waals surface area contributed by atoms with Crippen LogP contribution in [0, 0.1) is 6.92 Å². The second-order valence-electron chi connectivity index (χ2n) is 6.18. The number of carbonyl (C=O) groups excluding carboxylic acids is 1. The number of hydrogen-bond donors (Lipinski definition) is 1. The quantitative estimate of drug-likeness (QED) is 0.857. The molecule has 2 aromatic rings. The number of pyridine rings is 2. The number of carbonyl (C=O) groups is 1. The first-order valence-corrected chi connectivity index (χ1v) is 8.71. The Morgan fingerprint density at radius 2 is 2.04 bits per heavy atom. The minimum absolute atomic E-state index is 0.0818. The maximum absolute atomic E-state index is 12.2. The van der Waals surface area contributed by atoms with Crippen molar-refractivity contribution in [1.82, 2.24) is 14.9 Å². The SMILES string of the molecule is COCCC(=O)N1CCOC(c2cccc(Nc3cccc(C)n3)n2)C1. The van der Waals surface area contributed by atoms with Gasteiger partial charge in [0.2, 0.25) is 5.91 Å². The Bertz CT molecular complexity index is 753. The van der Waals surface area contributed by atoms with Crippen molar-refractivity contribution >= 4 is 17.5 Å². The molecular formula is C19H24N4O3. The molecule has 26 heavy (non-hydrogen) atoms. The third-order valence-electron chi connectivity index (χ3n) is 4.18. The lowest BCUT2D eigenvalue weighted by atomic mass is 10.1. The second kappa shape index (κ2) is 8.73. The van der Waals surface area contributed by atoms with Gasteiger partial charge >= 0.3 is 0 Å². The number of methoxy groups -OCH3 is 1. The van der Waals surface area contributed by atoms with E-state index in [0.717, 1.165) is 17.2 Å². The van der Waals surface area contributed by atoms with Gasteiger partial charge < -0.3 is 19.7 Å². The van der Waals surface area contributed by atoms with Gasteiger partial charge in [-0.1, -0.05) is 12.1 Å². The van der Waals surface area contributed by atoms with Crippen LogP contribution in [0.3, 0.4) is 0 Å². The van der Waals surface area contributed by atoms with Crippen LogP contribution < -0.4 is 5.32 Å². The summed E-state index contributed by atoms with van der Waals surface area (Å²) in [4.78, 5) is 23.1. The van der Waals surface area contributed by atoms with E-state index in [2.05, 4.69) is 15.3 Å². The number of nitrogens with one attached hydrogen (secondary N) is 1. The summed E-state index contributed by atoms with van der Waals surface area (Å²) in [6.45, 7) is 3.98. The molecule has 2 aromatic heterocycles. The topological polar surface area (TPSA) is 76.6 Å². The highest BCUT2D eigenvalue weighted by Crippen LogP contribution is 2.23. The van der Waals surface area contributed by atoms with Crippen LogP contribution in [0.25, 0.3) is 0 Å². The van der Waals surface area contributed by atoms with Crippen molar-refractivity contribution < 1.29 is 14.3 Å². The number of nitrogens with zero attached hydrogens (tertiary/aromatic N) is 3. The summed E-state index contributed by atoms with van der Waals surface area (Å²) in [6.07, 6.45) is 0.152. The zero-order chi connectivity index (χ0) is 18.4. The van der Waals surface area contributed by atoms with Gasteiger partial charge in [0, 0.05) is 19.3 Å². The minimum Gasteiger partial charge on any atom is -0.384 e. The Morgan fingerprint density at radius 3 is 2.81 bits per heavy atom. The Hall–Kier alpha value is -2.51. The fourth-order valence-electron chi connectivity index (χ4n) is 2.85. The van der Waals surface area contributed by atoms with Crippen molar-refractivity contribution in [3.8, 4) is 0 Å². The Kier molecular flexibility index (Phi) is 6.14. The van der Waals surface area contributed by atoms with Crippen molar-refractivity contribution in [2.24, 2.45) is 0 Å². The lowest BCUT2D eigenvalue weighted by molar-refractivity contribution is -0.140. The van der Waals surface area contributed by atoms with E-state index in [1.54, 1.807) is 7.11 Å². The minimum atomic E-state index is -0.234. The van der Waals surface area contributed by atoms with E-state index >= 15 is 0 Å². The van der Waals surface area contributed by atoms with Gasteiger partial charge in [-0.25, -0.2) is 9.97 Å². The molecule has 1 N–H and O–H groups in total. The van der Waals surface area contributed by atoms with Crippen LogP contribution in [0.1, 0.15) is 23.9 Å². The van der Waals surface area contributed by atoms with Crippen molar-refractivity contribution in [3.05, 3.63) is 47.8 Å². The average molecular weight is 356 g/mol. The molecule has 138 valence electrons. The molecule has 0 aromatic carbocycles. The number of aryl methyl sites for hydroxylation is 1. The standard InChI is InChI=1S/C19H24N4O3/c1-14-5-3-7-17(20-14)22-18-8-4-6-15(21-18)16-13-23(10-12-26-16)19(24)9-11-25-2/h3-8,16H,9-13H2,1-2H3,(H,20,21,22).